The summed E-state index contributed by atoms with van der Waals surface area (Å²) in [7, 11) is 1.40. The van der Waals surface area contributed by atoms with E-state index in [2.05, 4.69) is 5.32 Å². The van der Waals surface area contributed by atoms with Crippen molar-refractivity contribution in [3.05, 3.63) is 58.6 Å². The van der Waals surface area contributed by atoms with Crippen molar-refractivity contribution in [1.29, 1.82) is 0 Å². The van der Waals surface area contributed by atoms with Crippen molar-refractivity contribution in [2.45, 2.75) is 13.0 Å². The highest BCUT2D eigenvalue weighted by Gasteiger charge is 2.12. The molecule has 0 fully saturated rings. The van der Waals surface area contributed by atoms with E-state index in [1.165, 1.54) is 19.2 Å². The molecule has 2 rings (SSSR count). The van der Waals surface area contributed by atoms with Crippen LogP contribution in [0.5, 0.6) is 5.75 Å². The number of methoxy groups -OCH3 is 1. The van der Waals surface area contributed by atoms with Gasteiger partial charge in [-0.25, -0.2) is 8.78 Å². The molecule has 0 heterocycles. The van der Waals surface area contributed by atoms with Gasteiger partial charge in [-0.05, 0) is 36.8 Å². The summed E-state index contributed by atoms with van der Waals surface area (Å²) in [4.78, 5) is 0. The highest BCUT2D eigenvalue weighted by atomic mass is 35.5. The molecule has 1 unspecified atom stereocenters. The standard InChI is InChI=1S/C15H14ClF2NO/c1-9(10-6-7-12(17)14(8-10)20-2)19-13-5-3-4-11(16)15(13)18/h3-9,19H,1-2H3. The van der Waals surface area contributed by atoms with Crippen LogP contribution in [0.1, 0.15) is 18.5 Å². The lowest BCUT2D eigenvalue weighted by Gasteiger charge is -2.17. The topological polar surface area (TPSA) is 21.3 Å². The van der Waals surface area contributed by atoms with E-state index in [9.17, 15) is 8.78 Å². The lowest BCUT2D eigenvalue weighted by molar-refractivity contribution is 0.385. The monoisotopic (exact) mass is 297 g/mol. The van der Waals surface area contributed by atoms with Crippen LogP contribution in [0.25, 0.3) is 0 Å². The third-order valence-electron chi connectivity index (χ3n) is 3.00. The summed E-state index contributed by atoms with van der Waals surface area (Å²) in [6.07, 6.45) is 0. The summed E-state index contributed by atoms with van der Waals surface area (Å²) in [6, 6.07) is 9.03. The molecule has 1 N–H and O–H groups in total. The summed E-state index contributed by atoms with van der Waals surface area (Å²) in [5, 5.41) is 3.06. The third-order valence-corrected chi connectivity index (χ3v) is 3.29. The Bertz CT molecular complexity index is 619. The second-order valence-electron chi connectivity index (χ2n) is 4.36. The minimum atomic E-state index is -0.505. The van der Waals surface area contributed by atoms with Crippen LogP contribution in [0.2, 0.25) is 5.02 Å². The van der Waals surface area contributed by atoms with E-state index in [1.54, 1.807) is 24.3 Å². The van der Waals surface area contributed by atoms with E-state index in [4.69, 9.17) is 16.3 Å². The Morgan fingerprint density at radius 1 is 1.20 bits per heavy atom. The van der Waals surface area contributed by atoms with E-state index in [1.807, 2.05) is 6.92 Å². The Hall–Kier alpha value is -1.81. The maximum atomic E-state index is 13.8. The van der Waals surface area contributed by atoms with Gasteiger partial charge in [0.25, 0.3) is 0 Å². The van der Waals surface area contributed by atoms with Gasteiger partial charge < -0.3 is 10.1 Å². The molecule has 0 aliphatic carbocycles. The Morgan fingerprint density at radius 3 is 2.65 bits per heavy atom. The molecule has 0 amide bonds. The first-order chi connectivity index (χ1) is 9.52. The second-order valence-corrected chi connectivity index (χ2v) is 4.77. The second kappa shape index (κ2) is 6.09. The zero-order valence-corrected chi connectivity index (χ0v) is 11.8. The number of hydrogen-bond acceptors (Lipinski definition) is 2. The SMILES string of the molecule is COc1cc(C(C)Nc2cccc(Cl)c2F)ccc1F. The average Bonchev–Trinajstić information content (AvgIpc) is 2.44. The van der Waals surface area contributed by atoms with Gasteiger partial charge in [0.05, 0.1) is 17.8 Å². The Kier molecular flexibility index (Phi) is 4.45. The largest absolute Gasteiger partial charge is 0.494 e. The van der Waals surface area contributed by atoms with Crippen LogP contribution < -0.4 is 10.1 Å². The van der Waals surface area contributed by atoms with Gasteiger partial charge in [0, 0.05) is 6.04 Å². The molecular formula is C15H14ClF2NO. The predicted octanol–water partition coefficient (Wildman–Crippen LogP) is 4.80. The van der Waals surface area contributed by atoms with Crippen molar-refractivity contribution in [3.63, 3.8) is 0 Å². The molecule has 0 saturated heterocycles. The van der Waals surface area contributed by atoms with Gasteiger partial charge >= 0.3 is 0 Å². The molecule has 0 aliphatic heterocycles. The fraction of sp³-hybridized carbons (Fsp3) is 0.200. The van der Waals surface area contributed by atoms with Gasteiger partial charge in [0.1, 0.15) is 0 Å². The average molecular weight is 298 g/mol. The number of nitrogens with one attached hydrogen (secondary N) is 1. The molecule has 1 atom stereocenters. The van der Waals surface area contributed by atoms with Gasteiger partial charge in [-0.3, -0.25) is 0 Å². The number of hydrogen-bond donors (Lipinski definition) is 1. The zero-order chi connectivity index (χ0) is 14.7. The maximum absolute atomic E-state index is 13.8. The molecule has 20 heavy (non-hydrogen) atoms. The summed E-state index contributed by atoms with van der Waals surface area (Å²) in [5.74, 6) is -0.782. The van der Waals surface area contributed by atoms with Gasteiger partial charge in [-0.1, -0.05) is 23.7 Å². The molecular weight excluding hydrogens is 284 g/mol. The molecule has 2 nitrogen and oxygen atoms in total. The van der Waals surface area contributed by atoms with Crippen LogP contribution in [0.4, 0.5) is 14.5 Å². The maximum Gasteiger partial charge on any atom is 0.165 e. The molecule has 2 aromatic rings. The fourth-order valence-corrected chi connectivity index (χ4v) is 2.05. The normalized spacial score (nSPS) is 12.1. The van der Waals surface area contributed by atoms with Gasteiger partial charge in [0.2, 0.25) is 0 Å². The van der Waals surface area contributed by atoms with Gasteiger partial charge in [0.15, 0.2) is 17.4 Å². The minimum absolute atomic E-state index is 0.0545. The highest BCUT2D eigenvalue weighted by Crippen LogP contribution is 2.28. The van der Waals surface area contributed by atoms with E-state index >= 15 is 0 Å². The lowest BCUT2D eigenvalue weighted by atomic mass is 10.1. The number of anilines is 1. The van der Waals surface area contributed by atoms with Crippen LogP contribution in [-0.4, -0.2) is 7.11 Å². The van der Waals surface area contributed by atoms with Crippen LogP contribution in [0.3, 0.4) is 0 Å². The van der Waals surface area contributed by atoms with Crippen molar-refractivity contribution in [2.24, 2.45) is 0 Å². The third kappa shape index (κ3) is 3.02. The van der Waals surface area contributed by atoms with Crippen molar-refractivity contribution >= 4 is 17.3 Å². The first-order valence-corrected chi connectivity index (χ1v) is 6.44. The van der Waals surface area contributed by atoms with Crippen LogP contribution in [0, 0.1) is 11.6 Å². The van der Waals surface area contributed by atoms with Gasteiger partial charge in [-0.15, -0.1) is 0 Å². The number of ether oxygens (including phenoxy) is 1. The number of halogens is 3. The van der Waals surface area contributed by atoms with Crippen LogP contribution in [-0.2, 0) is 0 Å². The number of benzene rings is 2. The van der Waals surface area contributed by atoms with E-state index < -0.39 is 11.6 Å². The van der Waals surface area contributed by atoms with Crippen LogP contribution >= 0.6 is 11.6 Å². The Balaban J connectivity index is 2.24. The van der Waals surface area contributed by atoms with E-state index in [0.717, 1.165) is 5.56 Å². The number of rotatable bonds is 4. The fourth-order valence-electron chi connectivity index (χ4n) is 1.88. The Morgan fingerprint density at radius 2 is 1.95 bits per heavy atom. The lowest BCUT2D eigenvalue weighted by Crippen LogP contribution is -2.08. The summed E-state index contributed by atoms with van der Waals surface area (Å²) in [5.41, 5.74) is 1.08. The zero-order valence-electron chi connectivity index (χ0n) is 11.1. The molecule has 0 spiro atoms. The molecule has 0 saturated carbocycles. The highest BCUT2D eigenvalue weighted by molar-refractivity contribution is 6.31. The predicted molar refractivity (Wildman–Crippen MR) is 76.4 cm³/mol. The first-order valence-electron chi connectivity index (χ1n) is 6.07. The summed E-state index contributed by atoms with van der Waals surface area (Å²) < 4.78 is 32.1. The summed E-state index contributed by atoms with van der Waals surface area (Å²) in [6.45, 7) is 1.84. The Labute approximate surface area is 121 Å². The quantitative estimate of drug-likeness (QED) is 0.875. The molecule has 0 bridgehead atoms. The smallest absolute Gasteiger partial charge is 0.165 e. The molecule has 5 heteroatoms. The minimum Gasteiger partial charge on any atom is -0.494 e. The molecule has 0 radical (unpaired) electrons. The summed E-state index contributed by atoms with van der Waals surface area (Å²) >= 11 is 5.73. The molecule has 2 aromatic carbocycles. The van der Waals surface area contributed by atoms with Crippen LogP contribution in [0.15, 0.2) is 36.4 Å². The van der Waals surface area contributed by atoms with E-state index in [-0.39, 0.29) is 16.8 Å². The van der Waals surface area contributed by atoms with Crippen molar-refractivity contribution < 1.29 is 13.5 Å². The molecule has 0 aromatic heterocycles. The van der Waals surface area contributed by atoms with E-state index in [0.29, 0.717) is 5.69 Å². The molecule has 106 valence electrons. The van der Waals surface area contributed by atoms with Crippen molar-refractivity contribution in [2.75, 3.05) is 12.4 Å². The van der Waals surface area contributed by atoms with Crippen molar-refractivity contribution in [1.82, 2.24) is 0 Å². The van der Waals surface area contributed by atoms with Crippen molar-refractivity contribution in [3.8, 4) is 5.75 Å². The first kappa shape index (κ1) is 14.6. The van der Waals surface area contributed by atoms with Gasteiger partial charge in [-0.2, -0.15) is 0 Å². The molecule has 0 aliphatic rings.